The molecular weight excluding hydrogens is 376 g/mol. The van der Waals surface area contributed by atoms with Crippen molar-refractivity contribution in [3.05, 3.63) is 52.0 Å². The number of hydrazone groups is 1. The third-order valence-corrected chi connectivity index (χ3v) is 3.83. The lowest BCUT2D eigenvalue weighted by Crippen LogP contribution is -2.19. The molecule has 0 spiro atoms. The minimum absolute atomic E-state index is 0.0506. The van der Waals surface area contributed by atoms with E-state index in [1.165, 1.54) is 20.3 Å². The Kier molecular flexibility index (Phi) is 5.81. The van der Waals surface area contributed by atoms with Crippen molar-refractivity contribution in [1.82, 2.24) is 5.43 Å². The summed E-state index contributed by atoms with van der Waals surface area (Å²) in [5.41, 5.74) is 3.72. The number of benzene rings is 2. The maximum absolute atomic E-state index is 12.1. The number of hydrogen-bond acceptors (Lipinski definition) is 5. The fourth-order valence-electron chi connectivity index (χ4n) is 2.08. The molecule has 0 aliphatic rings. The predicted molar refractivity (Wildman–Crippen MR) is 95.0 cm³/mol. The summed E-state index contributed by atoms with van der Waals surface area (Å²) in [4.78, 5) is 12.1. The van der Waals surface area contributed by atoms with Crippen molar-refractivity contribution in [2.24, 2.45) is 5.10 Å². The van der Waals surface area contributed by atoms with Gasteiger partial charge < -0.3 is 14.6 Å². The summed E-state index contributed by atoms with van der Waals surface area (Å²) in [6.07, 6.45) is 0. The molecule has 0 fully saturated rings. The van der Waals surface area contributed by atoms with Crippen LogP contribution in [-0.4, -0.2) is 30.9 Å². The Morgan fingerprint density at radius 3 is 2.42 bits per heavy atom. The van der Waals surface area contributed by atoms with Gasteiger partial charge in [-0.25, -0.2) is 5.43 Å². The second kappa shape index (κ2) is 7.83. The van der Waals surface area contributed by atoms with Gasteiger partial charge in [-0.1, -0.05) is 15.9 Å². The minimum atomic E-state index is -0.353. The largest absolute Gasteiger partial charge is 0.507 e. The van der Waals surface area contributed by atoms with Crippen molar-refractivity contribution in [2.45, 2.75) is 6.92 Å². The van der Waals surface area contributed by atoms with E-state index in [0.717, 1.165) is 4.47 Å². The maximum Gasteiger partial charge on any atom is 0.271 e. The first-order chi connectivity index (χ1) is 11.5. The number of phenols is 1. The Balaban J connectivity index is 2.24. The highest BCUT2D eigenvalue weighted by atomic mass is 79.9. The molecule has 0 aliphatic heterocycles. The zero-order valence-electron chi connectivity index (χ0n) is 13.5. The standard InChI is InChI=1S/C17H17BrN2O4/c1-10(16-14(21)8-13(23-2)9-15(16)24-3)19-20-17(22)11-4-6-12(18)7-5-11/h4-9,21H,1-3H3,(H,20,22)/b19-10+. The first-order valence-electron chi connectivity index (χ1n) is 7.01. The van der Waals surface area contributed by atoms with E-state index in [2.05, 4.69) is 26.5 Å². The maximum atomic E-state index is 12.1. The van der Waals surface area contributed by atoms with Crippen LogP contribution >= 0.6 is 15.9 Å². The molecule has 6 nitrogen and oxygen atoms in total. The molecule has 0 aliphatic carbocycles. The number of amides is 1. The molecule has 24 heavy (non-hydrogen) atoms. The van der Waals surface area contributed by atoms with E-state index in [-0.39, 0.29) is 11.7 Å². The van der Waals surface area contributed by atoms with Gasteiger partial charge >= 0.3 is 0 Å². The molecule has 0 radical (unpaired) electrons. The van der Waals surface area contributed by atoms with Crippen molar-refractivity contribution in [2.75, 3.05) is 14.2 Å². The van der Waals surface area contributed by atoms with Gasteiger partial charge in [-0.15, -0.1) is 0 Å². The number of nitrogens with zero attached hydrogens (tertiary/aromatic N) is 1. The average Bonchev–Trinajstić information content (AvgIpc) is 2.59. The van der Waals surface area contributed by atoms with Crippen molar-refractivity contribution in [1.29, 1.82) is 0 Å². The number of nitrogens with one attached hydrogen (secondary N) is 1. The minimum Gasteiger partial charge on any atom is -0.507 e. The lowest BCUT2D eigenvalue weighted by Gasteiger charge is -2.12. The Bertz CT molecular complexity index is 773. The van der Waals surface area contributed by atoms with Gasteiger partial charge in [0.2, 0.25) is 0 Å². The van der Waals surface area contributed by atoms with Crippen molar-refractivity contribution in [3.63, 3.8) is 0 Å². The molecule has 7 heteroatoms. The molecule has 2 N–H and O–H groups in total. The molecule has 0 heterocycles. The number of hydrogen-bond donors (Lipinski definition) is 2. The summed E-state index contributed by atoms with van der Waals surface area (Å²) in [5.74, 6) is 0.449. The topological polar surface area (TPSA) is 80.2 Å². The first-order valence-corrected chi connectivity index (χ1v) is 7.81. The molecule has 0 atom stereocenters. The van der Waals surface area contributed by atoms with Gasteiger partial charge in [0.15, 0.2) is 0 Å². The quantitative estimate of drug-likeness (QED) is 0.603. The summed E-state index contributed by atoms with van der Waals surface area (Å²) in [7, 11) is 2.97. The Labute approximate surface area is 148 Å². The van der Waals surface area contributed by atoms with Crippen LogP contribution in [0.3, 0.4) is 0 Å². The van der Waals surface area contributed by atoms with E-state index in [1.807, 2.05) is 0 Å². The lowest BCUT2D eigenvalue weighted by atomic mass is 10.1. The van der Waals surface area contributed by atoms with E-state index in [1.54, 1.807) is 37.3 Å². The normalized spacial score (nSPS) is 11.1. The summed E-state index contributed by atoms with van der Waals surface area (Å²) < 4.78 is 11.2. The van der Waals surface area contributed by atoms with Crippen LogP contribution in [0.4, 0.5) is 0 Å². The Hall–Kier alpha value is -2.54. The number of rotatable bonds is 5. The van der Waals surface area contributed by atoms with Crippen LogP contribution in [0.25, 0.3) is 0 Å². The van der Waals surface area contributed by atoms with Gasteiger partial charge in [0, 0.05) is 22.2 Å². The van der Waals surface area contributed by atoms with Crippen LogP contribution < -0.4 is 14.9 Å². The van der Waals surface area contributed by atoms with Gasteiger partial charge in [0.05, 0.1) is 25.5 Å². The number of phenolic OH excluding ortho intramolecular Hbond substituents is 1. The molecule has 0 unspecified atom stereocenters. The van der Waals surface area contributed by atoms with Gasteiger partial charge in [-0.3, -0.25) is 4.79 Å². The monoisotopic (exact) mass is 392 g/mol. The van der Waals surface area contributed by atoms with E-state index >= 15 is 0 Å². The smallest absolute Gasteiger partial charge is 0.271 e. The van der Waals surface area contributed by atoms with Crippen LogP contribution in [0.15, 0.2) is 46.0 Å². The molecule has 1 amide bonds. The number of carbonyl (C=O) groups excluding carboxylic acids is 1. The highest BCUT2D eigenvalue weighted by Gasteiger charge is 2.15. The van der Waals surface area contributed by atoms with Gasteiger partial charge in [0.25, 0.3) is 5.91 Å². The Morgan fingerprint density at radius 2 is 1.83 bits per heavy atom. The SMILES string of the molecule is COc1cc(O)c(/C(C)=N/NC(=O)c2ccc(Br)cc2)c(OC)c1. The summed E-state index contributed by atoms with van der Waals surface area (Å²) >= 11 is 3.31. The number of ether oxygens (including phenoxy) is 2. The highest BCUT2D eigenvalue weighted by molar-refractivity contribution is 9.10. The second-order valence-electron chi connectivity index (χ2n) is 4.87. The molecule has 2 aromatic rings. The van der Waals surface area contributed by atoms with Crippen LogP contribution in [0.1, 0.15) is 22.8 Å². The fraction of sp³-hybridized carbons (Fsp3) is 0.176. The Morgan fingerprint density at radius 1 is 1.17 bits per heavy atom. The summed E-state index contributed by atoms with van der Waals surface area (Å²) in [6, 6.07) is 9.97. The van der Waals surface area contributed by atoms with Crippen LogP contribution in [0.5, 0.6) is 17.2 Å². The van der Waals surface area contributed by atoms with E-state index < -0.39 is 0 Å². The molecule has 0 bridgehead atoms. The number of aromatic hydroxyl groups is 1. The van der Waals surface area contributed by atoms with Crippen LogP contribution in [0.2, 0.25) is 0 Å². The summed E-state index contributed by atoms with van der Waals surface area (Å²) in [6.45, 7) is 1.66. The van der Waals surface area contributed by atoms with E-state index in [4.69, 9.17) is 9.47 Å². The molecule has 0 saturated carbocycles. The van der Waals surface area contributed by atoms with Crippen LogP contribution in [-0.2, 0) is 0 Å². The first kappa shape index (κ1) is 17.8. The van der Waals surface area contributed by atoms with Crippen molar-refractivity contribution < 1.29 is 19.4 Å². The zero-order valence-corrected chi connectivity index (χ0v) is 15.0. The molecule has 0 aromatic heterocycles. The van der Waals surface area contributed by atoms with E-state index in [0.29, 0.717) is 28.3 Å². The van der Waals surface area contributed by atoms with Crippen molar-refractivity contribution in [3.8, 4) is 17.2 Å². The number of carbonyl (C=O) groups is 1. The van der Waals surface area contributed by atoms with E-state index in [9.17, 15) is 9.90 Å². The third-order valence-electron chi connectivity index (χ3n) is 3.30. The summed E-state index contributed by atoms with van der Waals surface area (Å²) in [5, 5.41) is 14.2. The highest BCUT2D eigenvalue weighted by Crippen LogP contribution is 2.33. The van der Waals surface area contributed by atoms with Gasteiger partial charge in [0.1, 0.15) is 17.2 Å². The number of methoxy groups -OCH3 is 2. The fourth-order valence-corrected chi connectivity index (χ4v) is 2.34. The molecule has 126 valence electrons. The molecule has 2 aromatic carbocycles. The van der Waals surface area contributed by atoms with Crippen LogP contribution in [0, 0.1) is 0 Å². The molecule has 0 saturated heterocycles. The zero-order chi connectivity index (χ0) is 17.7. The predicted octanol–water partition coefficient (Wildman–Crippen LogP) is 3.33. The average molecular weight is 393 g/mol. The second-order valence-corrected chi connectivity index (χ2v) is 5.78. The van der Waals surface area contributed by atoms with Crippen molar-refractivity contribution >= 4 is 27.5 Å². The van der Waals surface area contributed by atoms with Gasteiger partial charge in [-0.05, 0) is 31.2 Å². The molecular formula is C17H17BrN2O4. The third kappa shape index (κ3) is 4.05. The number of halogens is 1. The van der Waals surface area contributed by atoms with Gasteiger partial charge in [-0.2, -0.15) is 5.10 Å². The lowest BCUT2D eigenvalue weighted by molar-refractivity contribution is 0.0954. The molecule has 2 rings (SSSR count).